The molecule has 1 heterocycles. The van der Waals surface area contributed by atoms with Crippen molar-refractivity contribution in [1.82, 2.24) is 15.5 Å². The van der Waals surface area contributed by atoms with E-state index in [9.17, 15) is 9.18 Å². The van der Waals surface area contributed by atoms with Crippen LogP contribution in [0.3, 0.4) is 0 Å². The number of halogens is 1. The second-order valence-corrected chi connectivity index (χ2v) is 7.43. The molecule has 5 nitrogen and oxygen atoms in total. The third-order valence-corrected chi connectivity index (χ3v) is 4.59. The van der Waals surface area contributed by atoms with E-state index in [1.807, 2.05) is 0 Å². The Morgan fingerprint density at radius 2 is 1.88 bits per heavy atom. The molecule has 6 heteroatoms. The summed E-state index contributed by atoms with van der Waals surface area (Å²) in [6, 6.07) is 6.40. The molecule has 2 rings (SSSR count). The first kappa shape index (κ1) is 19.7. The largest absolute Gasteiger partial charge is 0.373 e. The quantitative estimate of drug-likeness (QED) is 0.828. The average molecular weight is 351 g/mol. The molecule has 0 bridgehead atoms. The fourth-order valence-corrected chi connectivity index (χ4v) is 3.15. The van der Waals surface area contributed by atoms with Crippen molar-refractivity contribution in [2.24, 2.45) is 0 Å². The first-order chi connectivity index (χ1) is 11.8. The Bertz CT molecular complexity index is 570. The highest BCUT2D eigenvalue weighted by Crippen LogP contribution is 2.20. The molecule has 0 aliphatic carbocycles. The summed E-state index contributed by atoms with van der Waals surface area (Å²) < 4.78 is 19.3. The fourth-order valence-electron chi connectivity index (χ4n) is 3.15. The van der Waals surface area contributed by atoms with Crippen LogP contribution >= 0.6 is 0 Å². The maximum absolute atomic E-state index is 13.5. The lowest BCUT2D eigenvalue weighted by molar-refractivity contribution is -0.0947. The fraction of sp³-hybridized carbons (Fsp3) is 0.632. The Kier molecular flexibility index (Phi) is 6.79. The van der Waals surface area contributed by atoms with Crippen LogP contribution in [0.5, 0.6) is 0 Å². The van der Waals surface area contributed by atoms with E-state index >= 15 is 0 Å². The summed E-state index contributed by atoms with van der Waals surface area (Å²) in [6.45, 7) is 11.0. The van der Waals surface area contributed by atoms with Gasteiger partial charge in [-0.1, -0.05) is 18.2 Å². The van der Waals surface area contributed by atoms with Gasteiger partial charge in [0.25, 0.3) is 0 Å². The van der Waals surface area contributed by atoms with Gasteiger partial charge in [-0.25, -0.2) is 9.18 Å². The number of ether oxygens (including phenoxy) is 1. The van der Waals surface area contributed by atoms with Crippen molar-refractivity contribution in [1.29, 1.82) is 0 Å². The highest BCUT2D eigenvalue weighted by molar-refractivity contribution is 5.73. The van der Waals surface area contributed by atoms with E-state index in [-0.39, 0.29) is 29.6 Å². The van der Waals surface area contributed by atoms with E-state index in [1.165, 1.54) is 6.07 Å². The predicted octanol–water partition coefficient (Wildman–Crippen LogP) is 2.56. The van der Waals surface area contributed by atoms with Crippen LogP contribution in [-0.2, 0) is 11.2 Å². The van der Waals surface area contributed by atoms with Gasteiger partial charge in [-0.05, 0) is 45.7 Å². The number of urea groups is 1. The maximum Gasteiger partial charge on any atom is 0.314 e. The van der Waals surface area contributed by atoms with Crippen LogP contribution in [0.2, 0.25) is 0 Å². The predicted molar refractivity (Wildman–Crippen MR) is 97.2 cm³/mol. The minimum atomic E-state index is -0.235. The highest BCUT2D eigenvalue weighted by atomic mass is 19.1. The molecule has 0 unspecified atom stereocenters. The molecule has 1 saturated heterocycles. The number of rotatable bonds is 6. The average Bonchev–Trinajstić information content (AvgIpc) is 2.54. The van der Waals surface area contributed by atoms with Gasteiger partial charge in [-0.2, -0.15) is 0 Å². The van der Waals surface area contributed by atoms with Gasteiger partial charge in [0.1, 0.15) is 5.82 Å². The summed E-state index contributed by atoms with van der Waals surface area (Å²) in [4.78, 5) is 14.4. The molecule has 1 aliphatic heterocycles. The van der Waals surface area contributed by atoms with Crippen LogP contribution in [0.25, 0.3) is 0 Å². The van der Waals surface area contributed by atoms with Crippen LogP contribution < -0.4 is 10.6 Å². The summed E-state index contributed by atoms with van der Waals surface area (Å²) in [5, 5.41) is 5.72. The molecule has 2 atom stereocenters. The number of carbonyl (C=O) groups excluding carboxylic acids is 1. The lowest BCUT2D eigenvalue weighted by Gasteiger charge is -2.45. The molecule has 25 heavy (non-hydrogen) atoms. The van der Waals surface area contributed by atoms with Gasteiger partial charge < -0.3 is 15.4 Å². The number of hydrogen-bond donors (Lipinski definition) is 2. The summed E-state index contributed by atoms with van der Waals surface area (Å²) in [5.41, 5.74) is 0.453. The van der Waals surface area contributed by atoms with Crippen molar-refractivity contribution in [3.05, 3.63) is 35.6 Å². The smallest absolute Gasteiger partial charge is 0.314 e. The van der Waals surface area contributed by atoms with Crippen molar-refractivity contribution in [3.63, 3.8) is 0 Å². The van der Waals surface area contributed by atoms with Gasteiger partial charge in [-0.15, -0.1) is 0 Å². The maximum atomic E-state index is 13.5. The number of nitrogens with zero attached hydrogens (tertiary/aromatic N) is 1. The lowest BCUT2D eigenvalue weighted by Crippen LogP contribution is -2.59. The minimum absolute atomic E-state index is 0.158. The first-order valence-corrected chi connectivity index (χ1v) is 8.93. The first-order valence-electron chi connectivity index (χ1n) is 8.93. The number of morpholine rings is 1. The van der Waals surface area contributed by atoms with E-state index in [0.29, 0.717) is 25.1 Å². The van der Waals surface area contributed by atoms with E-state index < -0.39 is 0 Å². The third kappa shape index (κ3) is 5.97. The Morgan fingerprint density at radius 1 is 1.24 bits per heavy atom. The number of carbonyl (C=O) groups is 1. The van der Waals surface area contributed by atoms with Crippen LogP contribution in [0.15, 0.2) is 24.3 Å². The molecule has 1 aromatic rings. The third-order valence-electron chi connectivity index (χ3n) is 4.59. The Hall–Kier alpha value is -1.66. The van der Waals surface area contributed by atoms with Gasteiger partial charge in [0.2, 0.25) is 0 Å². The molecule has 2 N–H and O–H groups in total. The standard InChI is InChI=1S/C19H30FN3O2/c1-14-11-23(12-15(2)25-14)19(3,4)13-22-18(24)21-10-9-16-7-5-6-8-17(16)20/h5-8,14-15H,9-13H2,1-4H3,(H2,21,22,24)/t14-,15-/m1/s1. The molecular weight excluding hydrogens is 321 g/mol. The Labute approximate surface area is 149 Å². The molecule has 0 radical (unpaired) electrons. The van der Waals surface area contributed by atoms with E-state index in [4.69, 9.17) is 4.74 Å². The van der Waals surface area contributed by atoms with E-state index in [1.54, 1.807) is 18.2 Å². The zero-order valence-corrected chi connectivity index (χ0v) is 15.6. The SMILES string of the molecule is C[C@@H]1CN(C(C)(C)CNC(=O)NCCc2ccccc2F)C[C@@H](C)O1. The van der Waals surface area contributed by atoms with Crippen molar-refractivity contribution < 1.29 is 13.9 Å². The molecule has 0 spiro atoms. The van der Waals surface area contributed by atoms with Crippen molar-refractivity contribution in [3.8, 4) is 0 Å². The summed E-state index contributed by atoms with van der Waals surface area (Å²) in [6.07, 6.45) is 0.859. The van der Waals surface area contributed by atoms with Crippen molar-refractivity contribution >= 4 is 6.03 Å². The van der Waals surface area contributed by atoms with Crippen molar-refractivity contribution in [2.75, 3.05) is 26.2 Å². The Balaban J connectivity index is 1.74. The second-order valence-electron chi connectivity index (χ2n) is 7.43. The molecular formula is C19H30FN3O2. The monoisotopic (exact) mass is 351 g/mol. The van der Waals surface area contributed by atoms with Gasteiger partial charge in [-0.3, -0.25) is 4.90 Å². The molecule has 2 amide bonds. The molecule has 1 aromatic carbocycles. The zero-order chi connectivity index (χ0) is 18.4. The molecule has 0 saturated carbocycles. The summed E-state index contributed by atoms with van der Waals surface area (Å²) in [7, 11) is 0. The Morgan fingerprint density at radius 3 is 2.52 bits per heavy atom. The zero-order valence-electron chi connectivity index (χ0n) is 15.6. The van der Waals surface area contributed by atoms with Crippen LogP contribution in [0, 0.1) is 5.82 Å². The highest BCUT2D eigenvalue weighted by Gasteiger charge is 2.33. The topological polar surface area (TPSA) is 53.6 Å². The molecule has 0 aromatic heterocycles. The van der Waals surface area contributed by atoms with Crippen LogP contribution in [0.1, 0.15) is 33.3 Å². The van der Waals surface area contributed by atoms with E-state index in [0.717, 1.165) is 13.1 Å². The molecule has 1 fully saturated rings. The minimum Gasteiger partial charge on any atom is -0.373 e. The summed E-state index contributed by atoms with van der Waals surface area (Å²) >= 11 is 0. The second kappa shape index (κ2) is 8.63. The number of hydrogen-bond acceptors (Lipinski definition) is 3. The van der Waals surface area contributed by atoms with Gasteiger partial charge >= 0.3 is 6.03 Å². The van der Waals surface area contributed by atoms with Gasteiger partial charge in [0.15, 0.2) is 0 Å². The van der Waals surface area contributed by atoms with Crippen LogP contribution in [0.4, 0.5) is 9.18 Å². The molecule has 140 valence electrons. The number of benzene rings is 1. The van der Waals surface area contributed by atoms with Crippen LogP contribution in [-0.4, -0.2) is 54.9 Å². The van der Waals surface area contributed by atoms with Crippen molar-refractivity contribution in [2.45, 2.75) is 51.9 Å². The van der Waals surface area contributed by atoms with E-state index in [2.05, 4.69) is 43.2 Å². The van der Waals surface area contributed by atoms with Gasteiger partial charge in [0, 0.05) is 31.7 Å². The number of nitrogens with one attached hydrogen (secondary N) is 2. The number of amides is 2. The van der Waals surface area contributed by atoms with Gasteiger partial charge in [0.05, 0.1) is 12.2 Å². The summed E-state index contributed by atoms with van der Waals surface area (Å²) in [5.74, 6) is -0.235. The normalized spacial score (nSPS) is 21.8. The molecule has 1 aliphatic rings. The lowest BCUT2D eigenvalue weighted by atomic mass is 10.00.